The van der Waals surface area contributed by atoms with Crippen LogP contribution in [0.3, 0.4) is 0 Å². The van der Waals surface area contributed by atoms with Crippen LogP contribution in [0.2, 0.25) is 0 Å². The highest BCUT2D eigenvalue weighted by Crippen LogP contribution is 2.47. The van der Waals surface area contributed by atoms with Crippen molar-refractivity contribution in [2.75, 3.05) is 12.3 Å². The van der Waals surface area contributed by atoms with E-state index in [1.165, 1.54) is 6.33 Å². The molecule has 96 valence electrons. The number of aliphatic hydroxyl groups is 2. The molecule has 1 aliphatic rings. The van der Waals surface area contributed by atoms with Crippen molar-refractivity contribution < 1.29 is 10.2 Å². The maximum Gasteiger partial charge on any atom is 0.165 e. The summed E-state index contributed by atoms with van der Waals surface area (Å²) in [6, 6.07) is -0.144. The fourth-order valence-corrected chi connectivity index (χ4v) is 2.61. The standard InChI is InChI=1S/C11H15N5O2/c1-11(18)6(3-17)2-7(11)16-5-15-8-9(12)13-4-14-10(8)16/h4-7,17-18H,2-3H2,1H3,(H2,12,13,14)/t6-,7-,11+/m1/s1. The summed E-state index contributed by atoms with van der Waals surface area (Å²) in [5.41, 5.74) is 5.92. The van der Waals surface area contributed by atoms with Crippen molar-refractivity contribution in [2.45, 2.75) is 25.0 Å². The fourth-order valence-electron chi connectivity index (χ4n) is 2.61. The molecule has 0 unspecified atom stereocenters. The van der Waals surface area contributed by atoms with E-state index < -0.39 is 5.60 Å². The molecule has 3 atom stereocenters. The van der Waals surface area contributed by atoms with E-state index in [1.807, 2.05) is 0 Å². The lowest BCUT2D eigenvalue weighted by atomic mass is 9.66. The van der Waals surface area contributed by atoms with E-state index in [2.05, 4.69) is 15.0 Å². The molecule has 2 heterocycles. The minimum Gasteiger partial charge on any atom is -0.396 e. The predicted octanol–water partition coefficient (Wildman–Crippen LogP) is -0.287. The van der Waals surface area contributed by atoms with Crippen LogP contribution in [-0.4, -0.2) is 41.9 Å². The van der Waals surface area contributed by atoms with Crippen LogP contribution in [0, 0.1) is 5.92 Å². The van der Waals surface area contributed by atoms with Crippen molar-refractivity contribution >= 4 is 17.0 Å². The molecule has 3 rings (SSSR count). The minimum atomic E-state index is -0.956. The van der Waals surface area contributed by atoms with Crippen LogP contribution in [0.1, 0.15) is 19.4 Å². The zero-order valence-electron chi connectivity index (χ0n) is 9.98. The second-order valence-electron chi connectivity index (χ2n) is 4.94. The van der Waals surface area contributed by atoms with Crippen LogP contribution in [0.5, 0.6) is 0 Å². The van der Waals surface area contributed by atoms with Crippen LogP contribution < -0.4 is 5.73 Å². The van der Waals surface area contributed by atoms with Gasteiger partial charge in [-0.3, -0.25) is 0 Å². The fraction of sp³-hybridized carbons (Fsp3) is 0.545. The van der Waals surface area contributed by atoms with Gasteiger partial charge in [-0.2, -0.15) is 0 Å². The number of nitrogens with two attached hydrogens (primary N) is 1. The number of imidazole rings is 1. The monoisotopic (exact) mass is 249 g/mol. The molecule has 0 radical (unpaired) electrons. The average Bonchev–Trinajstić information content (AvgIpc) is 2.74. The summed E-state index contributed by atoms with van der Waals surface area (Å²) in [4.78, 5) is 12.2. The molecule has 2 aromatic rings. The number of nitrogen functional groups attached to an aromatic ring is 1. The smallest absolute Gasteiger partial charge is 0.165 e. The number of nitrogens with zero attached hydrogens (tertiary/aromatic N) is 4. The van der Waals surface area contributed by atoms with Gasteiger partial charge in [0.2, 0.25) is 0 Å². The van der Waals surface area contributed by atoms with Crippen LogP contribution >= 0.6 is 0 Å². The van der Waals surface area contributed by atoms with Crippen LogP contribution in [-0.2, 0) is 0 Å². The highest BCUT2D eigenvalue weighted by Gasteiger charge is 2.51. The minimum absolute atomic E-state index is 0.0206. The first-order valence-electron chi connectivity index (χ1n) is 5.82. The zero-order valence-corrected chi connectivity index (χ0v) is 9.98. The first kappa shape index (κ1) is 11.4. The lowest BCUT2D eigenvalue weighted by Gasteiger charge is -2.50. The Kier molecular flexibility index (Phi) is 2.29. The molecule has 1 saturated carbocycles. The first-order valence-corrected chi connectivity index (χ1v) is 5.82. The van der Waals surface area contributed by atoms with Gasteiger partial charge in [0, 0.05) is 12.5 Å². The molecule has 0 spiro atoms. The lowest BCUT2D eigenvalue weighted by Crippen LogP contribution is -2.55. The average molecular weight is 249 g/mol. The van der Waals surface area contributed by atoms with Gasteiger partial charge in [-0.25, -0.2) is 15.0 Å². The van der Waals surface area contributed by atoms with Crippen molar-refractivity contribution in [3.8, 4) is 0 Å². The quantitative estimate of drug-likeness (QED) is 0.674. The third-order valence-corrected chi connectivity index (χ3v) is 3.95. The maximum absolute atomic E-state index is 10.4. The van der Waals surface area contributed by atoms with Crippen molar-refractivity contribution in [1.82, 2.24) is 19.5 Å². The number of fused-ring (bicyclic) bond motifs is 1. The largest absolute Gasteiger partial charge is 0.396 e. The second kappa shape index (κ2) is 3.63. The topological polar surface area (TPSA) is 110 Å². The van der Waals surface area contributed by atoms with Gasteiger partial charge >= 0.3 is 0 Å². The Morgan fingerprint density at radius 2 is 2.28 bits per heavy atom. The molecule has 18 heavy (non-hydrogen) atoms. The van der Waals surface area contributed by atoms with E-state index >= 15 is 0 Å². The molecule has 7 heteroatoms. The van der Waals surface area contributed by atoms with Gasteiger partial charge in [0.15, 0.2) is 11.5 Å². The normalized spacial score (nSPS) is 31.5. The van der Waals surface area contributed by atoms with Crippen molar-refractivity contribution in [3.05, 3.63) is 12.7 Å². The summed E-state index contributed by atoms with van der Waals surface area (Å²) < 4.78 is 1.81. The Morgan fingerprint density at radius 1 is 1.50 bits per heavy atom. The molecule has 0 amide bonds. The van der Waals surface area contributed by atoms with Crippen LogP contribution in [0.4, 0.5) is 5.82 Å². The summed E-state index contributed by atoms with van der Waals surface area (Å²) in [7, 11) is 0. The van der Waals surface area contributed by atoms with Gasteiger partial charge in [0.05, 0.1) is 18.0 Å². The molecule has 0 bridgehead atoms. The Labute approximate surface area is 103 Å². The molecule has 1 aliphatic carbocycles. The van der Waals surface area contributed by atoms with Gasteiger partial charge in [-0.1, -0.05) is 0 Å². The summed E-state index contributed by atoms with van der Waals surface area (Å²) in [5.74, 6) is 0.218. The van der Waals surface area contributed by atoms with Gasteiger partial charge in [0.1, 0.15) is 11.8 Å². The van der Waals surface area contributed by atoms with Gasteiger partial charge in [0.25, 0.3) is 0 Å². The number of rotatable bonds is 2. The molecule has 0 saturated heterocycles. The Morgan fingerprint density at radius 3 is 2.94 bits per heavy atom. The molecular formula is C11H15N5O2. The molecule has 0 aliphatic heterocycles. The van der Waals surface area contributed by atoms with Crippen LogP contribution in [0.25, 0.3) is 11.2 Å². The Balaban J connectivity index is 2.04. The number of aromatic nitrogens is 4. The molecule has 0 aromatic carbocycles. The van der Waals surface area contributed by atoms with E-state index in [0.717, 1.165) is 0 Å². The number of hydrogen-bond donors (Lipinski definition) is 3. The van der Waals surface area contributed by atoms with Crippen molar-refractivity contribution in [2.24, 2.45) is 5.92 Å². The van der Waals surface area contributed by atoms with Gasteiger partial charge in [-0.05, 0) is 13.3 Å². The summed E-state index contributed by atoms with van der Waals surface area (Å²) in [5, 5.41) is 19.5. The van der Waals surface area contributed by atoms with Crippen molar-refractivity contribution in [1.29, 1.82) is 0 Å². The summed E-state index contributed by atoms with van der Waals surface area (Å²) >= 11 is 0. The molecule has 4 N–H and O–H groups in total. The van der Waals surface area contributed by atoms with Crippen molar-refractivity contribution in [3.63, 3.8) is 0 Å². The summed E-state index contributed by atoms with van der Waals surface area (Å²) in [6.45, 7) is 1.70. The van der Waals surface area contributed by atoms with E-state index in [4.69, 9.17) is 10.8 Å². The zero-order chi connectivity index (χ0) is 12.9. The number of anilines is 1. The van der Waals surface area contributed by atoms with Gasteiger partial charge < -0.3 is 20.5 Å². The third-order valence-electron chi connectivity index (χ3n) is 3.95. The third kappa shape index (κ3) is 1.34. The molecular weight excluding hydrogens is 234 g/mol. The van der Waals surface area contributed by atoms with E-state index in [1.54, 1.807) is 17.8 Å². The number of hydrogen-bond acceptors (Lipinski definition) is 6. The van der Waals surface area contributed by atoms with E-state index in [9.17, 15) is 5.11 Å². The summed E-state index contributed by atoms with van der Waals surface area (Å²) in [6.07, 6.45) is 3.69. The SMILES string of the molecule is C[C@]1(O)[C@@H](CO)C[C@H]1n1cnc2c(N)ncnc21. The second-order valence-corrected chi connectivity index (χ2v) is 4.94. The highest BCUT2D eigenvalue weighted by atomic mass is 16.3. The first-order chi connectivity index (χ1) is 8.55. The van der Waals surface area contributed by atoms with E-state index in [0.29, 0.717) is 23.4 Å². The predicted molar refractivity (Wildman–Crippen MR) is 64.6 cm³/mol. The number of aliphatic hydroxyl groups excluding tert-OH is 1. The van der Waals surface area contributed by atoms with E-state index in [-0.39, 0.29) is 18.6 Å². The highest BCUT2D eigenvalue weighted by molar-refractivity contribution is 5.81. The molecule has 2 aromatic heterocycles. The lowest BCUT2D eigenvalue weighted by molar-refractivity contribution is -0.141. The Hall–Kier alpha value is -1.73. The maximum atomic E-state index is 10.4. The van der Waals surface area contributed by atoms with Gasteiger partial charge in [-0.15, -0.1) is 0 Å². The Bertz CT molecular complexity index is 594. The van der Waals surface area contributed by atoms with Crippen LogP contribution in [0.15, 0.2) is 12.7 Å². The molecule has 7 nitrogen and oxygen atoms in total. The molecule has 1 fully saturated rings.